The molecule has 7 heteroatoms. The van der Waals surface area contributed by atoms with Crippen molar-refractivity contribution < 1.29 is 4.90 Å². The van der Waals surface area contributed by atoms with Gasteiger partial charge in [0.1, 0.15) is 0 Å². The number of thiocarbonyl (C=S) groups is 1. The Balaban J connectivity index is 2.04. The lowest BCUT2D eigenvalue weighted by molar-refractivity contribution is -0.858. The number of hydrogen-bond acceptors (Lipinski definition) is 2. The zero-order chi connectivity index (χ0) is 17.5. The highest BCUT2D eigenvalue weighted by Gasteiger charge is 2.13. The van der Waals surface area contributed by atoms with Gasteiger partial charge in [-0.3, -0.25) is 0 Å². The maximum atomic E-state index is 6.24. The van der Waals surface area contributed by atoms with E-state index in [1.165, 1.54) is 9.78 Å². The van der Waals surface area contributed by atoms with Crippen molar-refractivity contribution in [2.24, 2.45) is 0 Å². The van der Waals surface area contributed by atoms with E-state index in [-0.39, 0.29) is 0 Å². The SMILES string of the molecule is C[NH+](C)CCCN(Cc1cccs1)C(=S)Nc1ccc(Cl)cc1Cl. The van der Waals surface area contributed by atoms with Gasteiger partial charge in [0.15, 0.2) is 5.11 Å². The van der Waals surface area contributed by atoms with Gasteiger partial charge in [0.2, 0.25) is 0 Å². The van der Waals surface area contributed by atoms with Crippen LogP contribution in [0.3, 0.4) is 0 Å². The zero-order valence-electron chi connectivity index (χ0n) is 13.8. The van der Waals surface area contributed by atoms with Crippen LogP contribution in [0, 0.1) is 0 Å². The molecule has 0 bridgehead atoms. The summed E-state index contributed by atoms with van der Waals surface area (Å²) < 4.78 is 0. The van der Waals surface area contributed by atoms with Crippen molar-refractivity contribution in [1.29, 1.82) is 0 Å². The molecule has 0 saturated carbocycles. The first-order valence-electron chi connectivity index (χ1n) is 7.78. The molecule has 3 nitrogen and oxygen atoms in total. The van der Waals surface area contributed by atoms with Crippen LogP contribution in [0.5, 0.6) is 0 Å². The fourth-order valence-corrected chi connectivity index (χ4v) is 3.69. The monoisotopic (exact) mass is 402 g/mol. The highest BCUT2D eigenvalue weighted by molar-refractivity contribution is 7.80. The molecular formula is C17H22Cl2N3S2+. The molecule has 0 atom stereocenters. The third-order valence-corrected chi connectivity index (χ3v) is 5.26. The van der Waals surface area contributed by atoms with Gasteiger partial charge in [0.05, 0.1) is 37.9 Å². The first-order valence-corrected chi connectivity index (χ1v) is 9.82. The highest BCUT2D eigenvalue weighted by atomic mass is 35.5. The second-order valence-electron chi connectivity index (χ2n) is 5.87. The largest absolute Gasteiger partial charge is 0.344 e. The molecule has 2 rings (SSSR count). The maximum Gasteiger partial charge on any atom is 0.173 e. The molecule has 0 radical (unpaired) electrons. The summed E-state index contributed by atoms with van der Waals surface area (Å²) in [5, 5.41) is 7.20. The quantitative estimate of drug-likeness (QED) is 0.687. The number of nitrogens with zero attached hydrogens (tertiary/aromatic N) is 1. The van der Waals surface area contributed by atoms with Crippen LogP contribution in [0.25, 0.3) is 0 Å². The summed E-state index contributed by atoms with van der Waals surface area (Å²) in [6, 6.07) is 9.57. The molecule has 0 aliphatic carbocycles. The molecule has 1 aromatic carbocycles. The maximum absolute atomic E-state index is 6.24. The van der Waals surface area contributed by atoms with Crippen molar-refractivity contribution >= 4 is 57.6 Å². The molecule has 0 aliphatic rings. The minimum Gasteiger partial charge on any atom is -0.344 e. The standard InChI is InChI=1S/C17H21Cl2N3S2/c1-21(2)8-4-9-22(12-14-5-3-10-24-14)17(23)20-16-7-6-13(18)11-15(16)19/h3,5-7,10-11H,4,8-9,12H2,1-2H3,(H,20,23)/p+1. The number of quaternary nitrogens is 1. The highest BCUT2D eigenvalue weighted by Crippen LogP contribution is 2.26. The van der Waals surface area contributed by atoms with E-state index in [0.29, 0.717) is 15.2 Å². The third kappa shape index (κ3) is 6.22. The number of halogens is 2. The van der Waals surface area contributed by atoms with Crippen molar-refractivity contribution in [2.75, 3.05) is 32.5 Å². The van der Waals surface area contributed by atoms with E-state index < -0.39 is 0 Å². The Morgan fingerprint density at radius 2 is 2.08 bits per heavy atom. The zero-order valence-corrected chi connectivity index (χ0v) is 17.0. The topological polar surface area (TPSA) is 19.7 Å². The van der Waals surface area contributed by atoms with E-state index in [1.54, 1.807) is 23.5 Å². The number of thiophene rings is 1. The molecular weight excluding hydrogens is 381 g/mol. The number of hydrogen-bond donors (Lipinski definition) is 2. The molecule has 0 unspecified atom stereocenters. The smallest absolute Gasteiger partial charge is 0.173 e. The van der Waals surface area contributed by atoms with E-state index in [9.17, 15) is 0 Å². The Hall–Kier alpha value is -0.850. The first kappa shape index (κ1) is 19.5. The fourth-order valence-electron chi connectivity index (χ4n) is 2.25. The van der Waals surface area contributed by atoms with Crippen LogP contribution >= 0.6 is 46.8 Å². The Morgan fingerprint density at radius 1 is 1.29 bits per heavy atom. The number of benzene rings is 1. The Morgan fingerprint density at radius 3 is 2.71 bits per heavy atom. The van der Waals surface area contributed by atoms with Gasteiger partial charge in [-0.15, -0.1) is 11.3 Å². The molecule has 24 heavy (non-hydrogen) atoms. The average molecular weight is 403 g/mol. The second-order valence-corrected chi connectivity index (χ2v) is 8.13. The third-order valence-electron chi connectivity index (χ3n) is 3.49. The van der Waals surface area contributed by atoms with Gasteiger partial charge < -0.3 is 15.1 Å². The number of rotatable bonds is 7. The lowest BCUT2D eigenvalue weighted by Gasteiger charge is -2.26. The van der Waals surface area contributed by atoms with Gasteiger partial charge in [0.25, 0.3) is 0 Å². The van der Waals surface area contributed by atoms with Crippen molar-refractivity contribution in [3.8, 4) is 0 Å². The minimum atomic E-state index is 0.568. The van der Waals surface area contributed by atoms with Gasteiger partial charge in [-0.1, -0.05) is 29.3 Å². The van der Waals surface area contributed by atoms with Crippen LogP contribution in [0.1, 0.15) is 11.3 Å². The molecule has 0 spiro atoms. The number of nitrogens with one attached hydrogen (secondary N) is 2. The van der Waals surface area contributed by atoms with Gasteiger partial charge in [-0.2, -0.15) is 0 Å². The van der Waals surface area contributed by atoms with E-state index in [4.69, 9.17) is 35.4 Å². The van der Waals surface area contributed by atoms with Crippen LogP contribution in [0.4, 0.5) is 5.69 Å². The summed E-state index contributed by atoms with van der Waals surface area (Å²) in [5.41, 5.74) is 0.778. The Bertz CT molecular complexity index is 660. The van der Waals surface area contributed by atoms with Gasteiger partial charge in [-0.25, -0.2) is 0 Å². The van der Waals surface area contributed by atoms with Crippen molar-refractivity contribution in [1.82, 2.24) is 4.90 Å². The summed E-state index contributed by atoms with van der Waals surface area (Å²) in [5.74, 6) is 0. The summed E-state index contributed by atoms with van der Waals surface area (Å²) >= 11 is 19.6. The van der Waals surface area contributed by atoms with Crippen molar-refractivity contribution in [3.63, 3.8) is 0 Å². The van der Waals surface area contributed by atoms with Gasteiger partial charge in [-0.05, 0) is 41.9 Å². The predicted molar refractivity (Wildman–Crippen MR) is 110 cm³/mol. The van der Waals surface area contributed by atoms with Gasteiger partial charge in [0, 0.05) is 22.9 Å². The molecule has 2 N–H and O–H groups in total. The molecule has 2 aromatic rings. The average Bonchev–Trinajstić information content (AvgIpc) is 3.01. The van der Waals surface area contributed by atoms with Crippen LogP contribution in [0.2, 0.25) is 10.0 Å². The van der Waals surface area contributed by atoms with Crippen molar-refractivity contribution in [3.05, 3.63) is 50.6 Å². The summed E-state index contributed by atoms with van der Waals surface area (Å²) in [7, 11) is 4.32. The van der Waals surface area contributed by atoms with E-state index in [1.807, 2.05) is 6.07 Å². The molecule has 0 fully saturated rings. The van der Waals surface area contributed by atoms with E-state index in [0.717, 1.165) is 31.7 Å². The second kappa shape index (κ2) is 9.59. The molecule has 0 aliphatic heterocycles. The normalized spacial score (nSPS) is 10.9. The predicted octanol–water partition coefficient (Wildman–Crippen LogP) is 3.79. The Kier molecular flexibility index (Phi) is 7.78. The molecule has 0 amide bonds. The van der Waals surface area contributed by atoms with E-state index in [2.05, 4.69) is 41.8 Å². The minimum absolute atomic E-state index is 0.568. The molecule has 1 heterocycles. The lowest BCUT2D eigenvalue weighted by atomic mass is 10.3. The van der Waals surface area contributed by atoms with Crippen LogP contribution in [-0.4, -0.2) is 37.2 Å². The summed E-state index contributed by atoms with van der Waals surface area (Å²) in [4.78, 5) is 4.92. The fraction of sp³-hybridized carbons (Fsp3) is 0.353. The van der Waals surface area contributed by atoms with Crippen LogP contribution in [0.15, 0.2) is 35.7 Å². The van der Waals surface area contributed by atoms with Gasteiger partial charge >= 0.3 is 0 Å². The van der Waals surface area contributed by atoms with Crippen LogP contribution in [-0.2, 0) is 6.54 Å². The summed E-state index contributed by atoms with van der Waals surface area (Å²) in [6.07, 6.45) is 1.07. The van der Waals surface area contributed by atoms with Crippen LogP contribution < -0.4 is 10.2 Å². The van der Waals surface area contributed by atoms with Crippen molar-refractivity contribution in [2.45, 2.75) is 13.0 Å². The first-order chi connectivity index (χ1) is 11.5. The lowest BCUT2D eigenvalue weighted by Crippen LogP contribution is -3.05. The van der Waals surface area contributed by atoms with E-state index >= 15 is 0 Å². The Labute approximate surface area is 163 Å². The molecule has 0 saturated heterocycles. The molecule has 1 aromatic heterocycles. The molecule has 130 valence electrons. The number of anilines is 1. The summed E-state index contributed by atoms with van der Waals surface area (Å²) in [6.45, 7) is 2.81.